The van der Waals surface area contributed by atoms with Crippen molar-refractivity contribution < 1.29 is 4.74 Å². The van der Waals surface area contributed by atoms with E-state index < -0.39 is 0 Å². The van der Waals surface area contributed by atoms with Gasteiger partial charge in [-0.05, 0) is 11.6 Å². The molecule has 1 aromatic carbocycles. The van der Waals surface area contributed by atoms with Crippen molar-refractivity contribution in [1.82, 2.24) is 0 Å². The maximum Gasteiger partial charge on any atom is 0.0894 e. The summed E-state index contributed by atoms with van der Waals surface area (Å²) in [5.74, 6) is 0. The highest BCUT2D eigenvalue weighted by atomic mass is 35.5. The molecule has 0 aromatic heterocycles. The first-order chi connectivity index (χ1) is 6.33. The first-order valence-electron chi connectivity index (χ1n) is 4.14. The molecule has 0 spiro atoms. The molecule has 2 rings (SSSR count). The summed E-state index contributed by atoms with van der Waals surface area (Å²) in [6, 6.07) is 5.84. The molecule has 0 bridgehead atoms. The second kappa shape index (κ2) is 3.48. The summed E-state index contributed by atoms with van der Waals surface area (Å²) in [6.45, 7) is 1.20. The lowest BCUT2D eigenvalue weighted by atomic mass is 10.0. The number of nitrogens with zero attached hydrogens (tertiary/aromatic N) is 1. The van der Waals surface area contributed by atoms with Crippen LogP contribution in [-0.2, 0) is 11.3 Å². The van der Waals surface area contributed by atoms with Crippen molar-refractivity contribution in [3.63, 3.8) is 0 Å². The molecule has 1 aromatic rings. The minimum absolute atomic E-state index is 0.563. The van der Waals surface area contributed by atoms with E-state index in [9.17, 15) is 0 Å². The molecular weight excluding hydrogens is 186 g/mol. The minimum atomic E-state index is 0.563. The van der Waals surface area contributed by atoms with Crippen molar-refractivity contribution in [3.05, 3.63) is 34.3 Å². The Balaban J connectivity index is 2.60. The standard InChI is InChI=1S/C10H10ClNO/c1-12-9-6-13-5-7-3-2-4-8(11)10(7)9/h2-4H,5-6H2,1H3/b12-9+. The van der Waals surface area contributed by atoms with E-state index in [0.717, 1.165) is 21.9 Å². The first kappa shape index (κ1) is 8.73. The van der Waals surface area contributed by atoms with Gasteiger partial charge in [0.2, 0.25) is 0 Å². The Bertz CT molecular complexity index is 360. The zero-order valence-corrected chi connectivity index (χ0v) is 8.14. The Labute approximate surface area is 82.2 Å². The molecule has 3 heteroatoms. The molecule has 0 atom stereocenters. The van der Waals surface area contributed by atoms with Crippen molar-refractivity contribution in [2.24, 2.45) is 4.99 Å². The van der Waals surface area contributed by atoms with Crippen LogP contribution >= 0.6 is 11.6 Å². The summed E-state index contributed by atoms with van der Waals surface area (Å²) in [5, 5.41) is 0.765. The van der Waals surface area contributed by atoms with E-state index in [2.05, 4.69) is 4.99 Å². The number of hydrogen-bond donors (Lipinski definition) is 0. The third-order valence-electron chi connectivity index (χ3n) is 2.15. The summed E-state index contributed by atoms with van der Waals surface area (Å²) >= 11 is 6.08. The van der Waals surface area contributed by atoms with E-state index in [-0.39, 0.29) is 0 Å². The third-order valence-corrected chi connectivity index (χ3v) is 2.47. The minimum Gasteiger partial charge on any atom is -0.370 e. The van der Waals surface area contributed by atoms with Crippen LogP contribution in [0, 0.1) is 0 Å². The lowest BCUT2D eigenvalue weighted by molar-refractivity contribution is 0.152. The van der Waals surface area contributed by atoms with Gasteiger partial charge in [0.1, 0.15) is 0 Å². The average Bonchev–Trinajstić information content (AvgIpc) is 2.17. The molecule has 0 fully saturated rings. The highest BCUT2D eigenvalue weighted by Gasteiger charge is 2.17. The molecule has 1 aliphatic heterocycles. The van der Waals surface area contributed by atoms with E-state index >= 15 is 0 Å². The number of hydrogen-bond acceptors (Lipinski definition) is 2. The molecule has 68 valence electrons. The Morgan fingerprint density at radius 3 is 3.00 bits per heavy atom. The number of aliphatic imine (C=N–C) groups is 1. The maximum absolute atomic E-state index is 6.08. The van der Waals surface area contributed by atoms with Crippen molar-refractivity contribution in [2.45, 2.75) is 6.61 Å². The van der Waals surface area contributed by atoms with Crippen LogP contribution in [0.2, 0.25) is 5.02 Å². The van der Waals surface area contributed by atoms with Crippen molar-refractivity contribution in [1.29, 1.82) is 0 Å². The van der Waals surface area contributed by atoms with Gasteiger partial charge in [-0.1, -0.05) is 23.7 Å². The van der Waals surface area contributed by atoms with Gasteiger partial charge in [-0.2, -0.15) is 0 Å². The Morgan fingerprint density at radius 2 is 2.23 bits per heavy atom. The molecule has 0 saturated carbocycles. The number of rotatable bonds is 0. The maximum atomic E-state index is 6.08. The van der Waals surface area contributed by atoms with Crippen molar-refractivity contribution >= 4 is 17.3 Å². The molecule has 0 amide bonds. The monoisotopic (exact) mass is 195 g/mol. The second-order valence-corrected chi connectivity index (χ2v) is 3.34. The molecule has 0 aliphatic carbocycles. The Hall–Kier alpha value is -0.860. The summed E-state index contributed by atoms with van der Waals surface area (Å²) in [4.78, 5) is 4.16. The van der Waals surface area contributed by atoms with Crippen LogP contribution in [0.15, 0.2) is 23.2 Å². The van der Waals surface area contributed by atoms with Gasteiger partial charge in [-0.15, -0.1) is 0 Å². The van der Waals surface area contributed by atoms with Crippen molar-refractivity contribution in [3.8, 4) is 0 Å². The van der Waals surface area contributed by atoms with Gasteiger partial charge in [0, 0.05) is 12.6 Å². The molecule has 2 nitrogen and oxygen atoms in total. The summed E-state index contributed by atoms with van der Waals surface area (Å²) in [6.07, 6.45) is 0. The van der Waals surface area contributed by atoms with Gasteiger partial charge >= 0.3 is 0 Å². The summed E-state index contributed by atoms with van der Waals surface area (Å²) < 4.78 is 5.37. The Kier molecular flexibility index (Phi) is 2.34. The van der Waals surface area contributed by atoms with Crippen LogP contribution in [0.4, 0.5) is 0 Å². The van der Waals surface area contributed by atoms with E-state index in [4.69, 9.17) is 16.3 Å². The zero-order valence-electron chi connectivity index (χ0n) is 7.38. The summed E-state index contributed by atoms with van der Waals surface area (Å²) in [5.41, 5.74) is 3.11. The van der Waals surface area contributed by atoms with Gasteiger partial charge in [-0.25, -0.2) is 0 Å². The van der Waals surface area contributed by atoms with Gasteiger partial charge in [0.25, 0.3) is 0 Å². The molecule has 13 heavy (non-hydrogen) atoms. The van der Waals surface area contributed by atoms with Crippen LogP contribution in [0.1, 0.15) is 11.1 Å². The SMILES string of the molecule is C/N=C1\COCc2cccc(Cl)c21. The fourth-order valence-corrected chi connectivity index (χ4v) is 1.82. The largest absolute Gasteiger partial charge is 0.370 e. The van der Waals surface area contributed by atoms with Crippen molar-refractivity contribution in [2.75, 3.05) is 13.7 Å². The van der Waals surface area contributed by atoms with Gasteiger partial charge in [-0.3, -0.25) is 4.99 Å². The average molecular weight is 196 g/mol. The molecule has 0 saturated heterocycles. The summed E-state index contributed by atoms with van der Waals surface area (Å²) in [7, 11) is 1.76. The van der Waals surface area contributed by atoms with Crippen LogP contribution in [-0.4, -0.2) is 19.4 Å². The Morgan fingerprint density at radius 1 is 1.38 bits per heavy atom. The lowest BCUT2D eigenvalue weighted by Crippen LogP contribution is -2.19. The van der Waals surface area contributed by atoms with Crippen LogP contribution in [0.5, 0.6) is 0 Å². The van der Waals surface area contributed by atoms with Gasteiger partial charge < -0.3 is 4.74 Å². The molecular formula is C10H10ClNO. The normalized spacial score (nSPS) is 18.8. The zero-order chi connectivity index (χ0) is 9.26. The highest BCUT2D eigenvalue weighted by molar-refractivity contribution is 6.34. The quantitative estimate of drug-likeness (QED) is 0.623. The van der Waals surface area contributed by atoms with E-state index in [1.54, 1.807) is 7.05 Å². The number of ether oxygens (including phenoxy) is 1. The van der Waals surface area contributed by atoms with E-state index in [1.807, 2.05) is 18.2 Å². The smallest absolute Gasteiger partial charge is 0.0894 e. The lowest BCUT2D eigenvalue weighted by Gasteiger charge is -2.19. The number of halogens is 1. The number of benzene rings is 1. The fourth-order valence-electron chi connectivity index (χ4n) is 1.52. The van der Waals surface area contributed by atoms with Gasteiger partial charge in [0.05, 0.1) is 23.9 Å². The molecule has 1 aliphatic rings. The number of fused-ring (bicyclic) bond motifs is 1. The predicted molar refractivity (Wildman–Crippen MR) is 53.6 cm³/mol. The van der Waals surface area contributed by atoms with E-state index in [1.165, 1.54) is 0 Å². The van der Waals surface area contributed by atoms with Gasteiger partial charge in [0.15, 0.2) is 0 Å². The third kappa shape index (κ3) is 1.47. The van der Waals surface area contributed by atoms with E-state index in [0.29, 0.717) is 13.2 Å². The van der Waals surface area contributed by atoms with Crippen LogP contribution in [0.3, 0.4) is 0 Å². The first-order valence-corrected chi connectivity index (χ1v) is 4.52. The fraction of sp³-hybridized carbons (Fsp3) is 0.300. The molecule has 0 radical (unpaired) electrons. The predicted octanol–water partition coefficient (Wildman–Crippen LogP) is 2.29. The highest BCUT2D eigenvalue weighted by Crippen LogP contribution is 2.24. The van der Waals surface area contributed by atoms with Crippen LogP contribution < -0.4 is 0 Å². The molecule has 0 unspecified atom stereocenters. The topological polar surface area (TPSA) is 21.6 Å². The molecule has 1 heterocycles. The van der Waals surface area contributed by atoms with Crippen LogP contribution in [0.25, 0.3) is 0 Å². The molecule has 0 N–H and O–H groups in total. The second-order valence-electron chi connectivity index (χ2n) is 2.94.